The quantitative estimate of drug-likeness (QED) is 0.739. The number of carbonyl (C=O) groups excluding carboxylic acids is 2. The predicted octanol–water partition coefficient (Wildman–Crippen LogP) is 2.35. The van der Waals surface area contributed by atoms with Gasteiger partial charge in [-0.2, -0.15) is 0 Å². The zero-order valence-corrected chi connectivity index (χ0v) is 17.4. The number of piperidine rings is 1. The molecule has 0 bridgehead atoms. The summed E-state index contributed by atoms with van der Waals surface area (Å²) in [7, 11) is 0. The highest BCUT2D eigenvalue weighted by Crippen LogP contribution is 2.21. The number of rotatable bonds is 6. The van der Waals surface area contributed by atoms with Gasteiger partial charge in [-0.1, -0.05) is 36.4 Å². The molecule has 2 saturated heterocycles. The predicted molar refractivity (Wildman–Crippen MR) is 116 cm³/mol. The highest BCUT2D eigenvalue weighted by Gasteiger charge is 2.35. The first-order valence-corrected chi connectivity index (χ1v) is 10.9. The van der Waals surface area contributed by atoms with Gasteiger partial charge in [0.15, 0.2) is 0 Å². The van der Waals surface area contributed by atoms with Crippen LogP contribution in [0.3, 0.4) is 0 Å². The Labute approximate surface area is 178 Å². The normalized spacial score (nSPS) is 20.4. The van der Waals surface area contributed by atoms with Crippen molar-refractivity contribution < 1.29 is 9.59 Å². The van der Waals surface area contributed by atoms with Crippen LogP contribution in [-0.4, -0.2) is 70.3 Å². The fraction of sp³-hybridized carbons (Fsp3) is 0.458. The first-order valence-electron chi connectivity index (χ1n) is 10.9. The van der Waals surface area contributed by atoms with Crippen LogP contribution < -0.4 is 0 Å². The molecule has 0 unspecified atom stereocenters. The molecule has 2 amide bonds. The van der Waals surface area contributed by atoms with Gasteiger partial charge in [0.1, 0.15) is 0 Å². The van der Waals surface area contributed by atoms with E-state index in [4.69, 9.17) is 0 Å². The first-order chi connectivity index (χ1) is 14.7. The van der Waals surface area contributed by atoms with E-state index in [0.717, 1.165) is 38.2 Å². The Morgan fingerprint density at radius 1 is 0.967 bits per heavy atom. The van der Waals surface area contributed by atoms with Crippen LogP contribution in [0.1, 0.15) is 30.5 Å². The summed E-state index contributed by atoms with van der Waals surface area (Å²) in [6.45, 7) is 4.45. The molecule has 30 heavy (non-hydrogen) atoms. The van der Waals surface area contributed by atoms with E-state index in [1.165, 1.54) is 5.56 Å². The topological polar surface area (TPSA) is 56.8 Å². The number of carbonyl (C=O) groups is 2. The number of amides is 2. The third-order valence-electron chi connectivity index (χ3n) is 6.15. The molecule has 2 aliphatic heterocycles. The van der Waals surface area contributed by atoms with Crippen molar-refractivity contribution in [2.24, 2.45) is 0 Å². The van der Waals surface area contributed by atoms with Gasteiger partial charge in [-0.3, -0.25) is 19.5 Å². The minimum absolute atomic E-state index is 0.0479. The van der Waals surface area contributed by atoms with E-state index in [1.807, 2.05) is 46.2 Å². The van der Waals surface area contributed by atoms with Gasteiger partial charge in [-0.05, 0) is 37.0 Å². The highest BCUT2D eigenvalue weighted by atomic mass is 16.2. The molecule has 2 fully saturated rings. The molecule has 3 heterocycles. The maximum Gasteiger partial charge on any atom is 0.240 e. The van der Waals surface area contributed by atoms with Crippen molar-refractivity contribution in [1.82, 2.24) is 19.7 Å². The number of pyridine rings is 1. The smallest absolute Gasteiger partial charge is 0.240 e. The minimum atomic E-state index is -0.0479. The van der Waals surface area contributed by atoms with E-state index in [1.54, 1.807) is 6.20 Å². The molecule has 0 spiro atoms. The Kier molecular flexibility index (Phi) is 6.74. The fourth-order valence-electron chi connectivity index (χ4n) is 4.44. The van der Waals surface area contributed by atoms with Crippen molar-refractivity contribution in [2.75, 3.05) is 32.7 Å². The lowest BCUT2D eigenvalue weighted by molar-refractivity contribution is -0.143. The van der Waals surface area contributed by atoms with Crippen LogP contribution in [0.25, 0.3) is 0 Å². The maximum atomic E-state index is 13.1. The molecule has 2 aliphatic rings. The zero-order valence-electron chi connectivity index (χ0n) is 17.4. The molecule has 4 rings (SSSR count). The van der Waals surface area contributed by atoms with Crippen LogP contribution in [0.4, 0.5) is 0 Å². The number of nitrogens with zero attached hydrogens (tertiary/aromatic N) is 4. The maximum absolute atomic E-state index is 13.1. The summed E-state index contributed by atoms with van der Waals surface area (Å²) in [4.78, 5) is 36.2. The molecule has 1 atom stereocenters. The average Bonchev–Trinajstić information content (AvgIpc) is 2.80. The molecule has 6 heteroatoms. The van der Waals surface area contributed by atoms with Crippen LogP contribution >= 0.6 is 0 Å². The molecule has 1 aromatic carbocycles. The van der Waals surface area contributed by atoms with Gasteiger partial charge < -0.3 is 9.80 Å². The first kappa shape index (κ1) is 20.5. The van der Waals surface area contributed by atoms with E-state index < -0.39 is 0 Å². The number of aromatic nitrogens is 1. The van der Waals surface area contributed by atoms with E-state index >= 15 is 0 Å². The van der Waals surface area contributed by atoms with Gasteiger partial charge in [0.05, 0.1) is 6.04 Å². The average molecular weight is 407 g/mol. The molecule has 0 radical (unpaired) electrons. The van der Waals surface area contributed by atoms with Crippen LogP contribution in [0.15, 0.2) is 54.7 Å². The van der Waals surface area contributed by atoms with E-state index in [2.05, 4.69) is 22.0 Å². The largest absolute Gasteiger partial charge is 0.340 e. The number of benzene rings is 1. The van der Waals surface area contributed by atoms with E-state index in [-0.39, 0.29) is 17.9 Å². The van der Waals surface area contributed by atoms with Crippen LogP contribution in [-0.2, 0) is 22.6 Å². The second kappa shape index (κ2) is 9.85. The SMILES string of the molecule is O=C(CCc1ccccn1)N1CCN([C@@H]2CCCN(Cc3ccccc3)C2=O)CC1. The molecule has 6 nitrogen and oxygen atoms in total. The van der Waals surface area contributed by atoms with Crippen LogP contribution in [0.2, 0.25) is 0 Å². The number of piperazine rings is 1. The number of hydrogen-bond donors (Lipinski definition) is 0. The van der Waals surface area contributed by atoms with Crippen molar-refractivity contribution in [2.45, 2.75) is 38.3 Å². The Morgan fingerprint density at radius 2 is 1.73 bits per heavy atom. The van der Waals surface area contributed by atoms with Crippen molar-refractivity contribution >= 4 is 11.8 Å². The number of likely N-dealkylation sites (tertiary alicyclic amines) is 1. The van der Waals surface area contributed by atoms with Gasteiger partial charge in [0.25, 0.3) is 0 Å². The molecular formula is C24H30N4O2. The molecule has 2 aromatic rings. The van der Waals surface area contributed by atoms with Crippen molar-refractivity contribution in [3.63, 3.8) is 0 Å². The van der Waals surface area contributed by atoms with Gasteiger partial charge in [-0.15, -0.1) is 0 Å². The summed E-state index contributed by atoms with van der Waals surface area (Å²) in [5.74, 6) is 0.418. The monoisotopic (exact) mass is 406 g/mol. The Hall–Kier alpha value is -2.73. The summed E-state index contributed by atoms with van der Waals surface area (Å²) >= 11 is 0. The van der Waals surface area contributed by atoms with Gasteiger partial charge >= 0.3 is 0 Å². The third kappa shape index (κ3) is 5.05. The standard InChI is InChI=1S/C24H30N4O2/c29-23(12-11-21-9-4-5-13-25-21)27-17-15-26(16-18-27)22-10-6-14-28(24(22)30)19-20-7-2-1-3-8-20/h1-5,7-9,13,22H,6,10-12,14-19H2/t22-/m1/s1. The summed E-state index contributed by atoms with van der Waals surface area (Å²) in [5.41, 5.74) is 2.13. The Morgan fingerprint density at radius 3 is 2.47 bits per heavy atom. The minimum Gasteiger partial charge on any atom is -0.340 e. The Balaban J connectivity index is 1.27. The summed E-state index contributed by atoms with van der Waals surface area (Å²) in [5, 5.41) is 0. The second-order valence-electron chi connectivity index (χ2n) is 8.14. The second-order valence-corrected chi connectivity index (χ2v) is 8.14. The number of aryl methyl sites for hydroxylation is 1. The molecule has 0 saturated carbocycles. The van der Waals surface area contributed by atoms with Crippen LogP contribution in [0.5, 0.6) is 0 Å². The molecule has 158 valence electrons. The Bertz CT molecular complexity index is 835. The van der Waals surface area contributed by atoms with Crippen molar-refractivity contribution in [1.29, 1.82) is 0 Å². The lowest BCUT2D eigenvalue weighted by atomic mass is 10.0. The van der Waals surface area contributed by atoms with Gasteiger partial charge in [0, 0.05) is 57.6 Å². The van der Waals surface area contributed by atoms with Gasteiger partial charge in [0.2, 0.25) is 11.8 Å². The van der Waals surface area contributed by atoms with Crippen molar-refractivity contribution in [3.8, 4) is 0 Å². The molecule has 1 aromatic heterocycles. The van der Waals surface area contributed by atoms with Crippen molar-refractivity contribution in [3.05, 3.63) is 66.0 Å². The van der Waals surface area contributed by atoms with E-state index in [9.17, 15) is 9.59 Å². The fourth-order valence-corrected chi connectivity index (χ4v) is 4.44. The lowest BCUT2D eigenvalue weighted by Gasteiger charge is -2.42. The summed E-state index contributed by atoms with van der Waals surface area (Å²) < 4.78 is 0. The number of hydrogen-bond acceptors (Lipinski definition) is 4. The highest BCUT2D eigenvalue weighted by molar-refractivity contribution is 5.82. The molecule has 0 N–H and O–H groups in total. The molecular weight excluding hydrogens is 376 g/mol. The third-order valence-corrected chi connectivity index (χ3v) is 6.15. The summed E-state index contributed by atoms with van der Waals surface area (Å²) in [6.07, 6.45) is 4.88. The molecule has 0 aliphatic carbocycles. The zero-order chi connectivity index (χ0) is 20.8. The summed E-state index contributed by atoms with van der Waals surface area (Å²) in [6, 6.07) is 15.9. The van der Waals surface area contributed by atoms with Gasteiger partial charge in [-0.25, -0.2) is 0 Å². The lowest BCUT2D eigenvalue weighted by Crippen LogP contribution is -2.58. The van der Waals surface area contributed by atoms with E-state index in [0.29, 0.717) is 32.5 Å². The van der Waals surface area contributed by atoms with Crippen LogP contribution in [0, 0.1) is 0 Å².